The van der Waals surface area contributed by atoms with Crippen molar-refractivity contribution in [3.63, 3.8) is 0 Å². The second-order valence-electron chi connectivity index (χ2n) is 8.02. The highest BCUT2D eigenvalue weighted by Crippen LogP contribution is 2.32. The fourth-order valence-corrected chi connectivity index (χ4v) is 5.92. The first kappa shape index (κ1) is 26.8. The van der Waals surface area contributed by atoms with E-state index in [0.29, 0.717) is 26.1 Å². The molecule has 2 aromatic rings. The van der Waals surface area contributed by atoms with E-state index in [-0.39, 0.29) is 42.5 Å². The molecule has 12 nitrogen and oxygen atoms in total. The van der Waals surface area contributed by atoms with E-state index in [1.54, 1.807) is 17.3 Å². The summed E-state index contributed by atoms with van der Waals surface area (Å²) in [5, 5.41) is 11.4. The average Bonchev–Trinajstić information content (AvgIpc) is 2.83. The van der Waals surface area contributed by atoms with Crippen LogP contribution in [0.25, 0.3) is 0 Å². The van der Waals surface area contributed by atoms with Crippen molar-refractivity contribution in [3.05, 3.63) is 52.8 Å². The van der Waals surface area contributed by atoms with Gasteiger partial charge in [-0.05, 0) is 24.6 Å². The molecule has 14 heteroatoms. The zero-order valence-corrected chi connectivity index (χ0v) is 21.2. The zero-order valence-electron chi connectivity index (χ0n) is 19.6. The van der Waals surface area contributed by atoms with Crippen LogP contribution in [0.4, 0.5) is 17.1 Å². The maximum absolute atomic E-state index is 13.7. The number of benzene rings is 1. The molecule has 0 N–H and O–H groups in total. The quantitative estimate of drug-likeness (QED) is 0.241. The third-order valence-electron chi connectivity index (χ3n) is 5.53. The molecule has 35 heavy (non-hydrogen) atoms. The summed E-state index contributed by atoms with van der Waals surface area (Å²) in [6.07, 6.45) is 4.91. The van der Waals surface area contributed by atoms with Crippen LogP contribution in [0.3, 0.4) is 0 Å². The van der Waals surface area contributed by atoms with Gasteiger partial charge in [-0.2, -0.15) is 12.7 Å². The maximum atomic E-state index is 13.7. The Labute approximate surface area is 205 Å². The monoisotopic (exact) mass is 527 g/mol. The van der Waals surface area contributed by atoms with Gasteiger partial charge in [-0.1, -0.05) is 6.92 Å². The van der Waals surface area contributed by atoms with E-state index < -0.39 is 25.1 Å². The number of sulfonamides is 1. The highest BCUT2D eigenvalue weighted by atomic mass is 32.2. The Morgan fingerprint density at radius 2 is 1.71 bits per heavy atom. The van der Waals surface area contributed by atoms with Crippen LogP contribution in [-0.2, 0) is 24.3 Å². The van der Waals surface area contributed by atoms with Crippen LogP contribution < -0.4 is 9.80 Å². The van der Waals surface area contributed by atoms with Gasteiger partial charge in [0.25, 0.3) is 15.8 Å². The van der Waals surface area contributed by atoms with E-state index in [1.807, 2.05) is 24.0 Å². The summed E-state index contributed by atoms with van der Waals surface area (Å²) < 4.78 is 56.3. The number of nitrogens with zero attached hydrogens (tertiary/aromatic N) is 5. The molecule has 0 amide bonds. The summed E-state index contributed by atoms with van der Waals surface area (Å²) in [6, 6.07) is 7.41. The van der Waals surface area contributed by atoms with Gasteiger partial charge in [0, 0.05) is 69.5 Å². The minimum Gasteiger partial charge on any atom is -0.369 e. The van der Waals surface area contributed by atoms with Crippen molar-refractivity contribution in [2.75, 3.05) is 61.9 Å². The summed E-state index contributed by atoms with van der Waals surface area (Å²) in [5.41, 5.74) is 0.866. The molecule has 0 radical (unpaired) electrons. The SMILES string of the molecule is CCCN(CCOS(C)(=O)=O)c1ccc([N+](=O)[O-])cc1S(=O)(=O)N1CCN(c2ccncc2)CC1. The number of hydrogen-bond donors (Lipinski definition) is 0. The van der Waals surface area contributed by atoms with E-state index in [4.69, 9.17) is 4.18 Å². The molecule has 1 aromatic carbocycles. The van der Waals surface area contributed by atoms with Gasteiger partial charge >= 0.3 is 0 Å². The van der Waals surface area contributed by atoms with E-state index >= 15 is 0 Å². The van der Waals surface area contributed by atoms with Gasteiger partial charge < -0.3 is 9.80 Å². The normalized spacial score (nSPS) is 15.2. The molecule has 3 rings (SSSR count). The summed E-state index contributed by atoms with van der Waals surface area (Å²) in [6.45, 7) is 3.53. The third-order valence-corrected chi connectivity index (χ3v) is 8.05. The molecular formula is C21H29N5O7S2. The Bertz CT molecular complexity index is 1230. The van der Waals surface area contributed by atoms with E-state index in [9.17, 15) is 26.9 Å². The number of anilines is 2. The van der Waals surface area contributed by atoms with E-state index in [0.717, 1.165) is 18.0 Å². The maximum Gasteiger partial charge on any atom is 0.270 e. The molecule has 1 saturated heterocycles. The van der Waals surface area contributed by atoms with Crippen LogP contribution >= 0.6 is 0 Å². The summed E-state index contributed by atoms with van der Waals surface area (Å²) in [5.74, 6) is 0. The number of pyridine rings is 1. The number of non-ortho nitro benzene ring substituents is 1. The number of nitro benzene ring substituents is 1. The van der Waals surface area contributed by atoms with Gasteiger partial charge in [0.2, 0.25) is 10.0 Å². The third kappa shape index (κ3) is 6.87. The molecule has 1 aliphatic heterocycles. The molecule has 0 spiro atoms. The van der Waals surface area contributed by atoms with Crippen LogP contribution in [0.1, 0.15) is 13.3 Å². The summed E-state index contributed by atoms with van der Waals surface area (Å²) >= 11 is 0. The molecule has 0 bridgehead atoms. The minimum absolute atomic E-state index is 0.0943. The lowest BCUT2D eigenvalue weighted by atomic mass is 10.2. The summed E-state index contributed by atoms with van der Waals surface area (Å²) in [7, 11) is -7.75. The number of hydrogen-bond acceptors (Lipinski definition) is 10. The standard InChI is InChI=1S/C21H29N5O7S2/c1-3-10-24(15-16-33-34(2,29)30)20-5-4-19(26(27)28)17-21(20)35(31,32)25-13-11-23(12-14-25)18-6-8-22-9-7-18/h4-9,17H,3,10-16H2,1-2H3. The molecule has 0 unspecified atom stereocenters. The second-order valence-corrected chi connectivity index (χ2v) is 11.6. The highest BCUT2D eigenvalue weighted by molar-refractivity contribution is 7.89. The number of aromatic nitrogens is 1. The lowest BCUT2D eigenvalue weighted by Crippen LogP contribution is -2.49. The molecule has 0 aliphatic carbocycles. The average molecular weight is 528 g/mol. The predicted molar refractivity (Wildman–Crippen MR) is 132 cm³/mol. The second kappa shape index (κ2) is 11.3. The molecule has 1 aliphatic rings. The molecule has 192 valence electrons. The van der Waals surface area contributed by atoms with Gasteiger partial charge in [-0.25, -0.2) is 8.42 Å². The van der Waals surface area contributed by atoms with Crippen molar-refractivity contribution < 1.29 is 25.9 Å². The molecular weight excluding hydrogens is 498 g/mol. The van der Waals surface area contributed by atoms with Crippen molar-refractivity contribution in [3.8, 4) is 0 Å². The minimum atomic E-state index is -4.08. The molecule has 1 fully saturated rings. The number of nitro groups is 1. The smallest absolute Gasteiger partial charge is 0.270 e. The van der Waals surface area contributed by atoms with Gasteiger partial charge in [0.1, 0.15) is 4.90 Å². The Kier molecular flexibility index (Phi) is 8.64. The van der Waals surface area contributed by atoms with Crippen molar-refractivity contribution in [1.82, 2.24) is 9.29 Å². The molecule has 0 saturated carbocycles. The Balaban J connectivity index is 1.90. The Hall–Kier alpha value is -2.81. The van der Waals surface area contributed by atoms with Crippen LogP contribution in [-0.4, -0.2) is 83.2 Å². The van der Waals surface area contributed by atoms with Crippen LogP contribution in [0.2, 0.25) is 0 Å². The van der Waals surface area contributed by atoms with Gasteiger partial charge in [-0.3, -0.25) is 19.3 Å². The van der Waals surface area contributed by atoms with E-state index in [2.05, 4.69) is 4.98 Å². The lowest BCUT2D eigenvalue weighted by Gasteiger charge is -2.36. The molecule has 2 heterocycles. The van der Waals surface area contributed by atoms with Crippen molar-refractivity contribution in [2.45, 2.75) is 18.2 Å². The van der Waals surface area contributed by atoms with Crippen molar-refractivity contribution >= 4 is 37.2 Å². The van der Waals surface area contributed by atoms with E-state index in [1.165, 1.54) is 16.4 Å². The first-order valence-electron chi connectivity index (χ1n) is 11.1. The fraction of sp³-hybridized carbons (Fsp3) is 0.476. The topological polar surface area (TPSA) is 143 Å². The van der Waals surface area contributed by atoms with Crippen LogP contribution in [0, 0.1) is 10.1 Å². The summed E-state index contributed by atoms with van der Waals surface area (Å²) in [4.78, 5) is 18.3. The molecule has 0 atom stereocenters. The highest BCUT2D eigenvalue weighted by Gasteiger charge is 2.33. The van der Waals surface area contributed by atoms with Crippen molar-refractivity contribution in [1.29, 1.82) is 0 Å². The number of rotatable bonds is 11. The van der Waals surface area contributed by atoms with Gasteiger partial charge in [-0.15, -0.1) is 0 Å². The fourth-order valence-electron chi connectivity index (χ4n) is 3.89. The first-order valence-corrected chi connectivity index (χ1v) is 14.3. The molecule has 1 aromatic heterocycles. The zero-order chi connectivity index (χ0) is 25.6. The first-order chi connectivity index (χ1) is 16.5. The predicted octanol–water partition coefficient (Wildman–Crippen LogP) is 1.69. The van der Waals surface area contributed by atoms with Crippen molar-refractivity contribution in [2.24, 2.45) is 0 Å². The van der Waals surface area contributed by atoms with Gasteiger partial charge in [0.15, 0.2) is 0 Å². The van der Waals surface area contributed by atoms with Crippen LogP contribution in [0.5, 0.6) is 0 Å². The Morgan fingerprint density at radius 3 is 2.29 bits per heavy atom. The largest absolute Gasteiger partial charge is 0.369 e. The van der Waals surface area contributed by atoms with Gasteiger partial charge in [0.05, 0.1) is 23.5 Å². The Morgan fingerprint density at radius 1 is 1.06 bits per heavy atom. The number of piperazine rings is 1. The lowest BCUT2D eigenvalue weighted by molar-refractivity contribution is -0.385. The van der Waals surface area contributed by atoms with Crippen LogP contribution in [0.15, 0.2) is 47.6 Å².